The maximum atomic E-state index is 13.2. The van der Waals surface area contributed by atoms with Crippen molar-refractivity contribution >= 4 is 21.7 Å². The van der Waals surface area contributed by atoms with Crippen LogP contribution in [0.2, 0.25) is 0 Å². The number of carbonyl (C=O) groups excluding carboxylic acids is 1. The molecule has 2 aromatic carbocycles. The second-order valence-electron chi connectivity index (χ2n) is 7.26. The number of rotatable bonds is 6. The van der Waals surface area contributed by atoms with Crippen LogP contribution in [-0.4, -0.2) is 37.9 Å². The van der Waals surface area contributed by atoms with Gasteiger partial charge in [0.15, 0.2) is 0 Å². The first kappa shape index (κ1) is 21.3. The molecule has 1 aliphatic rings. The Morgan fingerprint density at radius 2 is 1.93 bits per heavy atom. The molecular formula is C21H26FN3O3S. The number of nitrogens with one attached hydrogen (secondary N) is 2. The lowest BCUT2D eigenvalue weighted by Crippen LogP contribution is -2.45. The third kappa shape index (κ3) is 5.55. The number of sulfonamides is 1. The number of benzene rings is 2. The quantitative estimate of drug-likeness (QED) is 0.746. The zero-order valence-electron chi connectivity index (χ0n) is 16.4. The third-order valence-electron chi connectivity index (χ3n) is 5.03. The molecule has 0 bridgehead atoms. The Hall–Kier alpha value is -2.45. The van der Waals surface area contributed by atoms with Gasteiger partial charge in [0.05, 0.1) is 4.90 Å². The summed E-state index contributed by atoms with van der Waals surface area (Å²) in [6, 6.07) is 11.9. The van der Waals surface area contributed by atoms with Crippen LogP contribution in [0.3, 0.4) is 0 Å². The molecule has 1 aliphatic heterocycles. The molecule has 0 radical (unpaired) electrons. The highest BCUT2D eigenvalue weighted by Crippen LogP contribution is 2.27. The molecule has 2 N–H and O–H groups in total. The number of carbonyl (C=O) groups is 1. The van der Waals surface area contributed by atoms with Crippen LogP contribution < -0.4 is 10.6 Å². The summed E-state index contributed by atoms with van der Waals surface area (Å²) in [7, 11) is -3.69. The minimum Gasteiger partial charge on any atom is -0.338 e. The van der Waals surface area contributed by atoms with Gasteiger partial charge in [-0.2, -0.15) is 4.31 Å². The van der Waals surface area contributed by atoms with Gasteiger partial charge in [-0.25, -0.2) is 17.6 Å². The number of nitrogens with zero attached hydrogens (tertiary/aromatic N) is 1. The summed E-state index contributed by atoms with van der Waals surface area (Å²) in [6.45, 7) is 2.74. The van der Waals surface area contributed by atoms with Crippen molar-refractivity contribution in [2.75, 3.05) is 18.4 Å². The van der Waals surface area contributed by atoms with Crippen molar-refractivity contribution in [1.82, 2.24) is 9.62 Å². The Morgan fingerprint density at radius 3 is 2.66 bits per heavy atom. The fraction of sp³-hybridized carbons (Fsp3) is 0.381. The summed E-state index contributed by atoms with van der Waals surface area (Å²) >= 11 is 0. The molecule has 0 aliphatic carbocycles. The Kier molecular flexibility index (Phi) is 6.87. The normalized spacial score (nSPS) is 17.7. The number of hydrogen-bond acceptors (Lipinski definition) is 3. The van der Waals surface area contributed by atoms with Gasteiger partial charge in [0.1, 0.15) is 5.82 Å². The molecule has 156 valence electrons. The summed E-state index contributed by atoms with van der Waals surface area (Å²) in [5.41, 5.74) is 1.76. The third-order valence-corrected chi connectivity index (χ3v) is 7.00. The molecule has 0 saturated carbocycles. The number of anilines is 1. The molecule has 3 rings (SSSR count). The van der Waals surface area contributed by atoms with Crippen LogP contribution in [0.15, 0.2) is 53.4 Å². The van der Waals surface area contributed by atoms with Crippen molar-refractivity contribution in [2.45, 2.75) is 43.5 Å². The topological polar surface area (TPSA) is 78.5 Å². The molecule has 6 nitrogen and oxygen atoms in total. The van der Waals surface area contributed by atoms with Gasteiger partial charge in [0.2, 0.25) is 10.0 Å². The Labute approximate surface area is 171 Å². The minimum absolute atomic E-state index is 0.0935. The van der Waals surface area contributed by atoms with E-state index in [1.54, 1.807) is 0 Å². The van der Waals surface area contributed by atoms with Crippen LogP contribution in [-0.2, 0) is 10.0 Å². The largest absolute Gasteiger partial charge is 0.338 e. The minimum atomic E-state index is -3.69. The van der Waals surface area contributed by atoms with Crippen LogP contribution >= 0.6 is 0 Å². The lowest BCUT2D eigenvalue weighted by atomic mass is 10.0. The fourth-order valence-corrected chi connectivity index (χ4v) is 5.29. The molecule has 1 atom stereocenters. The molecule has 8 heteroatoms. The van der Waals surface area contributed by atoms with E-state index >= 15 is 0 Å². The van der Waals surface area contributed by atoms with E-state index in [0.717, 1.165) is 37.0 Å². The average molecular weight is 420 g/mol. The maximum absolute atomic E-state index is 13.2. The monoisotopic (exact) mass is 419 g/mol. The number of aryl methyl sites for hydroxylation is 1. The molecule has 1 saturated heterocycles. The van der Waals surface area contributed by atoms with Gasteiger partial charge in [-0.15, -0.1) is 0 Å². The smallest absolute Gasteiger partial charge is 0.319 e. The van der Waals surface area contributed by atoms with Gasteiger partial charge >= 0.3 is 6.03 Å². The molecule has 2 amide bonds. The van der Waals surface area contributed by atoms with Crippen molar-refractivity contribution in [1.29, 1.82) is 0 Å². The Bertz CT molecular complexity index is 948. The Balaban J connectivity index is 1.58. The molecule has 1 heterocycles. The summed E-state index contributed by atoms with van der Waals surface area (Å²) in [5.74, 6) is -0.469. The molecular weight excluding hydrogens is 393 g/mol. The van der Waals surface area contributed by atoms with Crippen molar-refractivity contribution in [3.05, 3.63) is 59.9 Å². The van der Waals surface area contributed by atoms with E-state index in [4.69, 9.17) is 0 Å². The number of halogens is 1. The molecule has 2 aromatic rings. The van der Waals surface area contributed by atoms with Crippen LogP contribution in [0.1, 0.15) is 31.2 Å². The zero-order chi connectivity index (χ0) is 20.9. The summed E-state index contributed by atoms with van der Waals surface area (Å²) in [4.78, 5) is 12.2. The SMILES string of the molecule is Cc1cccc(NC(=O)NCC[C@H]2CCCCN2S(=O)(=O)c2ccc(F)cc2)c1. The lowest BCUT2D eigenvalue weighted by Gasteiger charge is -2.34. The first-order valence-corrected chi connectivity index (χ1v) is 11.2. The summed E-state index contributed by atoms with van der Waals surface area (Å²) in [6.07, 6.45) is 2.98. The molecule has 0 unspecified atom stereocenters. The fourth-order valence-electron chi connectivity index (χ4n) is 3.57. The predicted octanol–water partition coefficient (Wildman–Crippen LogP) is 3.89. The molecule has 29 heavy (non-hydrogen) atoms. The van der Waals surface area contributed by atoms with Crippen molar-refractivity contribution in [2.24, 2.45) is 0 Å². The van der Waals surface area contributed by atoms with Crippen LogP contribution in [0, 0.1) is 12.7 Å². The summed E-state index contributed by atoms with van der Waals surface area (Å²) in [5, 5.41) is 5.57. The van der Waals surface area contributed by atoms with E-state index < -0.39 is 15.8 Å². The van der Waals surface area contributed by atoms with E-state index in [2.05, 4.69) is 10.6 Å². The number of hydrogen-bond donors (Lipinski definition) is 2. The van der Waals surface area contributed by atoms with Gasteiger partial charge in [-0.3, -0.25) is 0 Å². The predicted molar refractivity (Wildman–Crippen MR) is 111 cm³/mol. The van der Waals surface area contributed by atoms with Crippen molar-refractivity contribution < 1.29 is 17.6 Å². The highest BCUT2D eigenvalue weighted by molar-refractivity contribution is 7.89. The van der Waals surface area contributed by atoms with E-state index in [1.165, 1.54) is 16.4 Å². The van der Waals surface area contributed by atoms with Gasteiger partial charge < -0.3 is 10.6 Å². The average Bonchev–Trinajstić information content (AvgIpc) is 2.68. The standard InChI is InChI=1S/C21H26FN3O3S/c1-16-5-4-6-18(15-16)24-21(26)23-13-12-19-7-2-3-14-25(19)29(27,28)20-10-8-17(22)9-11-20/h4-6,8-11,15,19H,2-3,7,12-14H2,1H3,(H2,23,24,26)/t19-/m1/s1. The second kappa shape index (κ2) is 9.37. The van der Waals surface area contributed by atoms with Gasteiger partial charge in [0.25, 0.3) is 0 Å². The van der Waals surface area contributed by atoms with E-state index in [0.29, 0.717) is 25.2 Å². The van der Waals surface area contributed by atoms with Crippen molar-refractivity contribution in [3.8, 4) is 0 Å². The van der Waals surface area contributed by atoms with Gasteiger partial charge in [-0.05, 0) is 68.1 Å². The second-order valence-corrected chi connectivity index (χ2v) is 9.15. The van der Waals surface area contributed by atoms with E-state index in [9.17, 15) is 17.6 Å². The van der Waals surface area contributed by atoms with E-state index in [-0.39, 0.29) is 17.0 Å². The summed E-state index contributed by atoms with van der Waals surface area (Å²) < 4.78 is 40.6. The first-order valence-electron chi connectivity index (χ1n) is 9.75. The van der Waals surface area contributed by atoms with Crippen LogP contribution in [0.4, 0.5) is 14.9 Å². The maximum Gasteiger partial charge on any atom is 0.319 e. The molecule has 1 fully saturated rings. The number of amides is 2. The lowest BCUT2D eigenvalue weighted by molar-refractivity contribution is 0.234. The highest BCUT2D eigenvalue weighted by Gasteiger charge is 2.33. The zero-order valence-corrected chi connectivity index (χ0v) is 17.2. The first-order chi connectivity index (χ1) is 13.9. The van der Waals surface area contributed by atoms with E-state index in [1.807, 2.05) is 31.2 Å². The molecule has 0 spiro atoms. The van der Waals surface area contributed by atoms with Crippen LogP contribution in [0.25, 0.3) is 0 Å². The van der Waals surface area contributed by atoms with Crippen LogP contribution in [0.5, 0.6) is 0 Å². The number of urea groups is 1. The highest BCUT2D eigenvalue weighted by atomic mass is 32.2. The molecule has 0 aromatic heterocycles. The van der Waals surface area contributed by atoms with Crippen molar-refractivity contribution in [3.63, 3.8) is 0 Å². The Morgan fingerprint density at radius 1 is 1.17 bits per heavy atom. The van der Waals surface area contributed by atoms with Gasteiger partial charge in [-0.1, -0.05) is 18.6 Å². The number of piperidine rings is 1. The van der Waals surface area contributed by atoms with Gasteiger partial charge in [0, 0.05) is 24.8 Å².